The molecule has 1 fully saturated rings. The summed E-state index contributed by atoms with van der Waals surface area (Å²) in [5.41, 5.74) is 0.857. The highest BCUT2D eigenvalue weighted by Crippen LogP contribution is 2.24. The largest absolute Gasteiger partial charge is 0.364 e. The summed E-state index contributed by atoms with van der Waals surface area (Å²) < 4.78 is 2.15. The van der Waals surface area contributed by atoms with Crippen LogP contribution in [0.4, 0.5) is 5.69 Å². The Hall–Kier alpha value is -0.880. The highest BCUT2D eigenvalue weighted by molar-refractivity contribution is 9.10. The topological polar surface area (TPSA) is 50.2 Å². The molecule has 2 heterocycles. The lowest BCUT2D eigenvalue weighted by Crippen LogP contribution is -2.57. The zero-order valence-electron chi connectivity index (χ0n) is 11.7. The summed E-state index contributed by atoms with van der Waals surface area (Å²) in [5, 5.41) is 7.56. The predicted molar refractivity (Wildman–Crippen MR) is 80.7 cm³/mol. The second kappa shape index (κ2) is 6.05. The van der Waals surface area contributed by atoms with Crippen LogP contribution in [0.3, 0.4) is 0 Å². The Bertz CT molecular complexity index is 496. The molecule has 1 saturated heterocycles. The van der Waals surface area contributed by atoms with E-state index in [9.17, 15) is 4.79 Å². The number of anilines is 1. The molecule has 1 N–H and O–H groups in total. The molecular weight excluding hydrogens is 308 g/mol. The van der Waals surface area contributed by atoms with Gasteiger partial charge in [0.05, 0.1) is 17.9 Å². The van der Waals surface area contributed by atoms with Gasteiger partial charge in [0.2, 0.25) is 0 Å². The van der Waals surface area contributed by atoms with Gasteiger partial charge in [0.15, 0.2) is 0 Å². The summed E-state index contributed by atoms with van der Waals surface area (Å²) in [6, 6.07) is 0.462. The molecule has 0 bridgehead atoms. The second-order valence-electron chi connectivity index (χ2n) is 5.32. The van der Waals surface area contributed by atoms with Gasteiger partial charge in [0, 0.05) is 26.2 Å². The number of likely N-dealkylation sites (N-methyl/N-ethyl adjacent to an activating group) is 1. The molecular formula is C13H21BrN4O. The summed E-state index contributed by atoms with van der Waals surface area (Å²) in [7, 11) is 0. The first-order chi connectivity index (χ1) is 9.04. The van der Waals surface area contributed by atoms with Crippen LogP contribution in [0, 0.1) is 5.92 Å². The fraction of sp³-hybridized carbons (Fsp3) is 0.692. The van der Waals surface area contributed by atoms with E-state index in [0.717, 1.165) is 25.3 Å². The fourth-order valence-electron chi connectivity index (χ4n) is 2.25. The molecule has 0 saturated carbocycles. The van der Waals surface area contributed by atoms with E-state index in [2.05, 4.69) is 52.0 Å². The van der Waals surface area contributed by atoms with Crippen molar-refractivity contribution in [1.82, 2.24) is 15.1 Å². The van der Waals surface area contributed by atoms with E-state index in [0.29, 0.717) is 23.0 Å². The van der Waals surface area contributed by atoms with Crippen LogP contribution in [0.25, 0.3) is 0 Å². The number of nitrogens with zero attached hydrogens (tertiary/aromatic N) is 3. The van der Waals surface area contributed by atoms with Crippen molar-refractivity contribution < 1.29 is 0 Å². The van der Waals surface area contributed by atoms with E-state index in [1.54, 1.807) is 6.20 Å². The average Bonchev–Trinajstić information content (AvgIpc) is 2.30. The summed E-state index contributed by atoms with van der Waals surface area (Å²) >= 11 is 3.45. The minimum Gasteiger partial charge on any atom is -0.364 e. The first-order valence-electron chi connectivity index (χ1n) is 6.77. The average molecular weight is 329 g/mol. The SMILES string of the molecule is CCN(c1cnn(CC(C)C)c(=O)c1Br)C1CNC1. The van der Waals surface area contributed by atoms with E-state index in [1.807, 2.05) is 0 Å². The van der Waals surface area contributed by atoms with Crippen LogP contribution < -0.4 is 15.8 Å². The zero-order chi connectivity index (χ0) is 14.0. The molecule has 0 amide bonds. The van der Waals surface area contributed by atoms with Gasteiger partial charge in [-0.05, 0) is 28.8 Å². The summed E-state index contributed by atoms with van der Waals surface area (Å²) in [6.45, 7) is 9.72. The molecule has 1 aromatic rings. The lowest BCUT2D eigenvalue weighted by molar-refractivity contribution is 0.414. The predicted octanol–water partition coefficient (Wildman–Crippen LogP) is 1.46. The van der Waals surface area contributed by atoms with Gasteiger partial charge in [-0.15, -0.1) is 0 Å². The molecule has 1 aliphatic heterocycles. The van der Waals surface area contributed by atoms with Crippen molar-refractivity contribution in [1.29, 1.82) is 0 Å². The Morgan fingerprint density at radius 1 is 1.58 bits per heavy atom. The highest BCUT2D eigenvalue weighted by atomic mass is 79.9. The van der Waals surface area contributed by atoms with Gasteiger partial charge >= 0.3 is 0 Å². The maximum absolute atomic E-state index is 12.3. The molecule has 0 aromatic carbocycles. The number of aromatic nitrogens is 2. The number of hydrogen-bond donors (Lipinski definition) is 1. The van der Waals surface area contributed by atoms with Gasteiger partial charge in [-0.3, -0.25) is 4.79 Å². The number of halogens is 1. The lowest BCUT2D eigenvalue weighted by Gasteiger charge is -2.39. The number of nitrogens with one attached hydrogen (secondary N) is 1. The van der Waals surface area contributed by atoms with Gasteiger partial charge < -0.3 is 10.2 Å². The van der Waals surface area contributed by atoms with Gasteiger partial charge in [0.25, 0.3) is 5.56 Å². The summed E-state index contributed by atoms with van der Waals surface area (Å²) in [6.07, 6.45) is 1.80. The van der Waals surface area contributed by atoms with E-state index in [-0.39, 0.29) is 5.56 Å². The van der Waals surface area contributed by atoms with Crippen molar-refractivity contribution in [3.8, 4) is 0 Å². The first-order valence-corrected chi connectivity index (χ1v) is 7.56. The maximum Gasteiger partial charge on any atom is 0.283 e. The molecule has 1 aliphatic rings. The van der Waals surface area contributed by atoms with Gasteiger partial charge in [-0.2, -0.15) is 5.10 Å². The fourth-order valence-corrected chi connectivity index (χ4v) is 2.79. The van der Waals surface area contributed by atoms with Crippen LogP contribution in [0.2, 0.25) is 0 Å². The zero-order valence-corrected chi connectivity index (χ0v) is 13.3. The Balaban J connectivity index is 2.31. The minimum absolute atomic E-state index is 0.0445. The molecule has 0 unspecified atom stereocenters. The van der Waals surface area contributed by atoms with Crippen LogP contribution in [-0.2, 0) is 6.54 Å². The van der Waals surface area contributed by atoms with Crippen molar-refractivity contribution in [3.63, 3.8) is 0 Å². The lowest BCUT2D eigenvalue weighted by atomic mass is 10.1. The van der Waals surface area contributed by atoms with Crippen molar-refractivity contribution in [3.05, 3.63) is 21.0 Å². The third-order valence-corrected chi connectivity index (χ3v) is 4.10. The van der Waals surface area contributed by atoms with Crippen LogP contribution >= 0.6 is 15.9 Å². The Kier molecular flexibility index (Phi) is 4.62. The minimum atomic E-state index is -0.0445. The van der Waals surface area contributed by atoms with E-state index < -0.39 is 0 Å². The number of rotatable bonds is 5. The second-order valence-corrected chi connectivity index (χ2v) is 6.12. The molecule has 2 rings (SSSR count). The molecule has 0 spiro atoms. The number of hydrogen-bond acceptors (Lipinski definition) is 4. The van der Waals surface area contributed by atoms with E-state index >= 15 is 0 Å². The summed E-state index contributed by atoms with van der Waals surface area (Å²) in [4.78, 5) is 14.5. The monoisotopic (exact) mass is 328 g/mol. The van der Waals surface area contributed by atoms with Crippen LogP contribution in [0.5, 0.6) is 0 Å². The molecule has 0 radical (unpaired) electrons. The molecule has 1 aromatic heterocycles. The van der Waals surface area contributed by atoms with Crippen LogP contribution in [-0.4, -0.2) is 35.5 Å². The molecule has 0 aliphatic carbocycles. The van der Waals surface area contributed by atoms with Gasteiger partial charge in [-0.1, -0.05) is 13.8 Å². The summed E-state index contributed by atoms with van der Waals surface area (Å²) in [5.74, 6) is 0.404. The third-order valence-electron chi connectivity index (χ3n) is 3.36. The quantitative estimate of drug-likeness (QED) is 0.889. The molecule has 106 valence electrons. The maximum atomic E-state index is 12.3. The normalized spacial score (nSPS) is 15.6. The standard InChI is InChI=1S/C13H21BrN4O/c1-4-17(10-5-15-6-10)11-7-16-18(8-9(2)3)13(19)12(11)14/h7,9-10,15H,4-6,8H2,1-3H3. The Labute approximate surface area is 122 Å². The first kappa shape index (κ1) is 14.5. The van der Waals surface area contributed by atoms with Gasteiger partial charge in [-0.25, -0.2) is 4.68 Å². The Morgan fingerprint density at radius 2 is 2.26 bits per heavy atom. The Morgan fingerprint density at radius 3 is 2.74 bits per heavy atom. The smallest absolute Gasteiger partial charge is 0.283 e. The molecule has 19 heavy (non-hydrogen) atoms. The van der Waals surface area contributed by atoms with E-state index in [4.69, 9.17) is 0 Å². The molecule has 5 nitrogen and oxygen atoms in total. The van der Waals surface area contributed by atoms with E-state index in [1.165, 1.54) is 4.68 Å². The third kappa shape index (κ3) is 3.00. The van der Waals surface area contributed by atoms with Crippen molar-refractivity contribution >= 4 is 21.6 Å². The highest BCUT2D eigenvalue weighted by Gasteiger charge is 2.26. The van der Waals surface area contributed by atoms with Crippen molar-refractivity contribution in [2.75, 3.05) is 24.5 Å². The molecule has 0 atom stereocenters. The van der Waals surface area contributed by atoms with Crippen molar-refractivity contribution in [2.24, 2.45) is 5.92 Å². The van der Waals surface area contributed by atoms with Crippen LogP contribution in [0.1, 0.15) is 20.8 Å². The van der Waals surface area contributed by atoms with Crippen LogP contribution in [0.15, 0.2) is 15.5 Å². The van der Waals surface area contributed by atoms with Gasteiger partial charge in [0.1, 0.15) is 4.47 Å². The molecule has 6 heteroatoms. The van der Waals surface area contributed by atoms with Crippen molar-refractivity contribution in [2.45, 2.75) is 33.4 Å².